The minimum atomic E-state index is -0.132. The molecule has 1 aliphatic carbocycles. The number of rotatable bonds is 7. The summed E-state index contributed by atoms with van der Waals surface area (Å²) in [6.07, 6.45) is 6.28. The first-order valence-corrected chi connectivity index (χ1v) is 6.64. The molecule has 1 saturated carbocycles. The lowest BCUT2D eigenvalue weighted by Crippen LogP contribution is -2.32. The van der Waals surface area contributed by atoms with E-state index >= 15 is 0 Å². The highest BCUT2D eigenvalue weighted by Crippen LogP contribution is 2.28. The van der Waals surface area contributed by atoms with E-state index < -0.39 is 0 Å². The van der Waals surface area contributed by atoms with Gasteiger partial charge in [-0.05, 0) is 26.7 Å². The van der Waals surface area contributed by atoms with Crippen molar-refractivity contribution in [3.05, 3.63) is 18.0 Å². The SMILES string of the molecule is CCOC(=O)CN(Cc1cnn(CC)c1)C1CC1. The summed E-state index contributed by atoms with van der Waals surface area (Å²) in [5.74, 6) is -0.132. The third-order valence-electron chi connectivity index (χ3n) is 3.10. The Bertz CT molecular complexity index is 399. The van der Waals surface area contributed by atoms with Crippen molar-refractivity contribution < 1.29 is 9.53 Å². The minimum absolute atomic E-state index is 0.132. The Kier molecular flexibility index (Phi) is 4.36. The molecule has 0 unspecified atom stereocenters. The highest BCUT2D eigenvalue weighted by Gasteiger charge is 2.30. The van der Waals surface area contributed by atoms with Crippen molar-refractivity contribution in [1.29, 1.82) is 0 Å². The molecule has 0 aromatic carbocycles. The fourth-order valence-corrected chi connectivity index (χ4v) is 2.02. The van der Waals surface area contributed by atoms with Crippen LogP contribution in [0.1, 0.15) is 32.3 Å². The summed E-state index contributed by atoms with van der Waals surface area (Å²) in [5, 5.41) is 4.26. The number of carbonyl (C=O) groups is 1. The van der Waals surface area contributed by atoms with Gasteiger partial charge in [-0.25, -0.2) is 0 Å². The van der Waals surface area contributed by atoms with Crippen molar-refractivity contribution >= 4 is 5.97 Å². The van der Waals surface area contributed by atoms with Gasteiger partial charge in [0.25, 0.3) is 0 Å². The first-order chi connectivity index (χ1) is 8.72. The lowest BCUT2D eigenvalue weighted by Gasteiger charge is -2.19. The summed E-state index contributed by atoms with van der Waals surface area (Å²) in [5.41, 5.74) is 1.16. The van der Waals surface area contributed by atoms with Crippen molar-refractivity contribution in [3.63, 3.8) is 0 Å². The van der Waals surface area contributed by atoms with Gasteiger partial charge in [-0.1, -0.05) is 0 Å². The van der Waals surface area contributed by atoms with Gasteiger partial charge in [0.1, 0.15) is 0 Å². The molecule has 1 fully saturated rings. The number of ether oxygens (including phenoxy) is 1. The summed E-state index contributed by atoms with van der Waals surface area (Å²) in [4.78, 5) is 13.7. The van der Waals surface area contributed by atoms with Gasteiger partial charge in [-0.3, -0.25) is 14.4 Å². The molecule has 2 rings (SSSR count). The lowest BCUT2D eigenvalue weighted by atomic mass is 10.3. The van der Waals surface area contributed by atoms with Crippen LogP contribution < -0.4 is 0 Å². The highest BCUT2D eigenvalue weighted by molar-refractivity contribution is 5.71. The van der Waals surface area contributed by atoms with Gasteiger partial charge >= 0.3 is 5.97 Å². The number of aromatic nitrogens is 2. The normalized spacial score (nSPS) is 15.1. The largest absolute Gasteiger partial charge is 0.465 e. The van der Waals surface area contributed by atoms with Crippen LogP contribution in [-0.4, -0.2) is 39.8 Å². The predicted molar refractivity (Wildman–Crippen MR) is 68.0 cm³/mol. The molecular weight excluding hydrogens is 230 g/mol. The van der Waals surface area contributed by atoms with Crippen molar-refractivity contribution in [1.82, 2.24) is 14.7 Å². The van der Waals surface area contributed by atoms with Crippen molar-refractivity contribution in [2.75, 3.05) is 13.2 Å². The first kappa shape index (κ1) is 13.1. The average Bonchev–Trinajstić information content (AvgIpc) is 3.10. The molecule has 0 bridgehead atoms. The van der Waals surface area contributed by atoms with Gasteiger partial charge in [0.05, 0.1) is 19.3 Å². The molecule has 0 atom stereocenters. The Hall–Kier alpha value is -1.36. The molecule has 0 amide bonds. The maximum atomic E-state index is 11.6. The molecule has 1 aromatic rings. The molecule has 1 heterocycles. The van der Waals surface area contributed by atoms with Crippen LogP contribution in [0.25, 0.3) is 0 Å². The van der Waals surface area contributed by atoms with Gasteiger partial charge in [-0.15, -0.1) is 0 Å². The average molecular weight is 251 g/mol. The summed E-state index contributed by atoms with van der Waals surface area (Å²) in [6, 6.07) is 0.541. The third-order valence-corrected chi connectivity index (χ3v) is 3.10. The quantitative estimate of drug-likeness (QED) is 0.688. The monoisotopic (exact) mass is 251 g/mol. The molecule has 0 saturated heterocycles. The standard InChI is InChI=1S/C13H21N3O2/c1-3-16-9-11(7-14-16)8-15(12-5-6-12)10-13(17)18-4-2/h7,9,12H,3-6,8,10H2,1-2H3. The Balaban J connectivity index is 1.91. The molecule has 0 N–H and O–H groups in total. The Morgan fingerprint density at radius 2 is 2.33 bits per heavy atom. The Morgan fingerprint density at radius 3 is 2.89 bits per heavy atom. The van der Waals surface area contributed by atoms with Crippen LogP contribution in [0.3, 0.4) is 0 Å². The van der Waals surface area contributed by atoms with E-state index in [4.69, 9.17) is 4.74 Å². The van der Waals surface area contributed by atoms with E-state index in [1.807, 2.05) is 24.0 Å². The Morgan fingerprint density at radius 1 is 1.56 bits per heavy atom. The zero-order valence-electron chi connectivity index (χ0n) is 11.1. The second-order valence-electron chi connectivity index (χ2n) is 4.65. The van der Waals surface area contributed by atoms with Gasteiger partial charge in [-0.2, -0.15) is 5.10 Å². The first-order valence-electron chi connectivity index (χ1n) is 6.64. The van der Waals surface area contributed by atoms with E-state index in [9.17, 15) is 4.79 Å². The zero-order valence-corrected chi connectivity index (χ0v) is 11.1. The zero-order chi connectivity index (χ0) is 13.0. The molecule has 1 aromatic heterocycles. The minimum Gasteiger partial charge on any atom is -0.465 e. The van der Waals surface area contributed by atoms with Crippen LogP contribution >= 0.6 is 0 Å². The predicted octanol–water partition coefficient (Wildman–Crippen LogP) is 1.43. The van der Waals surface area contributed by atoms with Crippen molar-refractivity contribution in [2.24, 2.45) is 0 Å². The second-order valence-corrected chi connectivity index (χ2v) is 4.65. The van der Waals surface area contributed by atoms with Gasteiger partial charge in [0, 0.05) is 30.9 Å². The Labute approximate surface area is 108 Å². The van der Waals surface area contributed by atoms with Crippen molar-refractivity contribution in [3.8, 4) is 0 Å². The maximum Gasteiger partial charge on any atom is 0.320 e. The summed E-state index contributed by atoms with van der Waals surface area (Å²) in [7, 11) is 0. The van der Waals surface area contributed by atoms with E-state index in [0.29, 0.717) is 19.2 Å². The highest BCUT2D eigenvalue weighted by atomic mass is 16.5. The van der Waals surface area contributed by atoms with Gasteiger partial charge in [0.15, 0.2) is 0 Å². The number of aryl methyl sites for hydroxylation is 1. The summed E-state index contributed by atoms with van der Waals surface area (Å²) >= 11 is 0. The van der Waals surface area contributed by atoms with Crippen LogP contribution in [0.15, 0.2) is 12.4 Å². The number of hydrogen-bond donors (Lipinski definition) is 0. The number of hydrogen-bond acceptors (Lipinski definition) is 4. The van der Waals surface area contributed by atoms with Crippen molar-refractivity contribution in [2.45, 2.75) is 45.8 Å². The van der Waals surface area contributed by atoms with Gasteiger partial charge < -0.3 is 4.74 Å². The summed E-state index contributed by atoms with van der Waals surface area (Å²) in [6.45, 7) is 6.39. The van der Waals surface area contributed by atoms with Crippen LogP contribution in [0.2, 0.25) is 0 Å². The molecule has 0 radical (unpaired) electrons. The summed E-state index contributed by atoms with van der Waals surface area (Å²) < 4.78 is 6.92. The third kappa shape index (κ3) is 3.57. The molecule has 18 heavy (non-hydrogen) atoms. The molecule has 5 heteroatoms. The van der Waals surface area contributed by atoms with E-state index in [0.717, 1.165) is 18.7 Å². The number of carbonyl (C=O) groups excluding carboxylic acids is 1. The molecule has 5 nitrogen and oxygen atoms in total. The lowest BCUT2D eigenvalue weighted by molar-refractivity contribution is -0.144. The van der Waals surface area contributed by atoms with Crippen LogP contribution in [0.5, 0.6) is 0 Å². The maximum absolute atomic E-state index is 11.6. The van der Waals surface area contributed by atoms with Crippen LogP contribution in [-0.2, 0) is 22.6 Å². The second kappa shape index (κ2) is 6.00. The van der Waals surface area contributed by atoms with E-state index in [-0.39, 0.29) is 5.97 Å². The van der Waals surface area contributed by atoms with Crippen LogP contribution in [0, 0.1) is 0 Å². The number of nitrogens with zero attached hydrogens (tertiary/aromatic N) is 3. The van der Waals surface area contributed by atoms with Crippen LogP contribution in [0.4, 0.5) is 0 Å². The van der Waals surface area contributed by atoms with Gasteiger partial charge in [0.2, 0.25) is 0 Å². The fourth-order valence-electron chi connectivity index (χ4n) is 2.02. The molecular formula is C13H21N3O2. The van der Waals surface area contributed by atoms with E-state index in [1.54, 1.807) is 0 Å². The molecule has 0 spiro atoms. The topological polar surface area (TPSA) is 47.4 Å². The van der Waals surface area contributed by atoms with E-state index in [2.05, 4.69) is 16.9 Å². The molecule has 1 aliphatic rings. The smallest absolute Gasteiger partial charge is 0.320 e. The molecule has 0 aliphatic heterocycles. The van der Waals surface area contributed by atoms with E-state index in [1.165, 1.54) is 12.8 Å². The fraction of sp³-hybridized carbons (Fsp3) is 0.692. The molecule has 100 valence electrons. The number of esters is 1.